The van der Waals surface area contributed by atoms with Crippen LogP contribution >= 0.6 is 15.9 Å². The molecule has 1 aliphatic rings. The molecule has 148 valence electrons. The van der Waals surface area contributed by atoms with Gasteiger partial charge in [0.15, 0.2) is 0 Å². The maximum atomic E-state index is 13.2. The average molecular weight is 456 g/mol. The van der Waals surface area contributed by atoms with E-state index < -0.39 is 11.9 Å². The number of ether oxygens (including phenoxy) is 2. The molecule has 2 aromatic carbocycles. The minimum atomic E-state index is -0.590. The van der Waals surface area contributed by atoms with Gasteiger partial charge in [-0.05, 0) is 55.0 Å². The number of carbonyl (C=O) groups excluding carboxylic acids is 3. The molecule has 0 atom stereocenters. The fraction of sp³-hybridized carbons (Fsp3) is 0.136. The Balaban J connectivity index is 2.06. The highest BCUT2D eigenvalue weighted by molar-refractivity contribution is 9.10. The molecule has 7 heteroatoms. The van der Waals surface area contributed by atoms with Crippen molar-refractivity contribution in [3.8, 4) is 0 Å². The Morgan fingerprint density at radius 3 is 2.07 bits per heavy atom. The zero-order valence-electron chi connectivity index (χ0n) is 16.1. The minimum Gasteiger partial charge on any atom is -0.465 e. The smallest absolute Gasteiger partial charge is 0.340 e. The maximum Gasteiger partial charge on any atom is 0.340 e. The molecule has 6 nitrogen and oxygen atoms in total. The van der Waals surface area contributed by atoms with Crippen molar-refractivity contribution in [2.45, 2.75) is 6.92 Å². The molecule has 0 spiro atoms. The molecule has 0 aliphatic carbocycles. The van der Waals surface area contributed by atoms with E-state index in [1.54, 1.807) is 49.4 Å². The monoisotopic (exact) mass is 455 g/mol. The van der Waals surface area contributed by atoms with E-state index in [1.165, 1.54) is 19.1 Å². The topological polar surface area (TPSA) is 72.9 Å². The summed E-state index contributed by atoms with van der Waals surface area (Å²) in [7, 11) is 2.58. The fourth-order valence-corrected chi connectivity index (χ4v) is 3.35. The van der Waals surface area contributed by atoms with Crippen molar-refractivity contribution in [1.82, 2.24) is 0 Å². The number of methoxy groups -OCH3 is 2. The molecular weight excluding hydrogens is 438 g/mol. The van der Waals surface area contributed by atoms with Gasteiger partial charge >= 0.3 is 11.9 Å². The molecule has 0 bridgehead atoms. The highest BCUT2D eigenvalue weighted by Crippen LogP contribution is 2.35. The second-order valence-corrected chi connectivity index (χ2v) is 7.16. The van der Waals surface area contributed by atoms with Crippen LogP contribution in [-0.2, 0) is 19.1 Å². The normalized spacial score (nSPS) is 15.1. The summed E-state index contributed by atoms with van der Waals surface area (Å²) in [4.78, 5) is 38.7. The lowest BCUT2D eigenvalue weighted by Crippen LogP contribution is -2.24. The predicted molar refractivity (Wildman–Crippen MR) is 112 cm³/mol. The second-order valence-electron chi connectivity index (χ2n) is 6.24. The Labute approximate surface area is 176 Å². The zero-order valence-corrected chi connectivity index (χ0v) is 17.6. The number of carbonyl (C=O) groups is 3. The van der Waals surface area contributed by atoms with Crippen molar-refractivity contribution < 1.29 is 23.9 Å². The van der Waals surface area contributed by atoms with Crippen LogP contribution in [0.3, 0.4) is 0 Å². The van der Waals surface area contributed by atoms with Crippen LogP contribution in [0.2, 0.25) is 0 Å². The molecule has 29 heavy (non-hydrogen) atoms. The molecule has 2 aromatic rings. The number of rotatable bonds is 4. The van der Waals surface area contributed by atoms with Crippen LogP contribution in [-0.4, -0.2) is 32.1 Å². The third kappa shape index (κ3) is 4.00. The number of anilines is 1. The fourth-order valence-electron chi connectivity index (χ4n) is 3.08. The first-order valence-electron chi connectivity index (χ1n) is 8.67. The number of hydrogen-bond donors (Lipinski definition) is 0. The highest BCUT2D eigenvalue weighted by atomic mass is 79.9. The van der Waals surface area contributed by atoms with Crippen LogP contribution in [0.5, 0.6) is 0 Å². The lowest BCUT2D eigenvalue weighted by Gasteiger charge is -2.18. The zero-order chi connectivity index (χ0) is 21.1. The van der Waals surface area contributed by atoms with Gasteiger partial charge in [0.2, 0.25) is 0 Å². The molecule has 1 heterocycles. The van der Waals surface area contributed by atoms with Gasteiger partial charge in [-0.1, -0.05) is 28.1 Å². The number of amides is 1. The van der Waals surface area contributed by atoms with Crippen molar-refractivity contribution in [1.29, 1.82) is 0 Å². The summed E-state index contributed by atoms with van der Waals surface area (Å²) in [6.45, 7) is 1.70. The number of benzene rings is 2. The summed E-state index contributed by atoms with van der Waals surface area (Å²) in [6, 6.07) is 13.8. The van der Waals surface area contributed by atoms with Gasteiger partial charge in [-0.25, -0.2) is 9.59 Å². The quantitative estimate of drug-likeness (QED) is 0.512. The molecule has 0 unspecified atom stereocenters. The van der Waals surface area contributed by atoms with Gasteiger partial charge in [0.25, 0.3) is 5.91 Å². The van der Waals surface area contributed by atoms with Crippen LogP contribution in [0, 0.1) is 0 Å². The Morgan fingerprint density at radius 2 is 1.52 bits per heavy atom. The van der Waals surface area contributed by atoms with Crippen molar-refractivity contribution >= 4 is 45.5 Å². The third-order valence-corrected chi connectivity index (χ3v) is 5.05. The highest BCUT2D eigenvalue weighted by Gasteiger charge is 2.37. The lowest BCUT2D eigenvalue weighted by molar-refractivity contribution is -0.136. The lowest BCUT2D eigenvalue weighted by atomic mass is 10.0. The molecule has 1 amide bonds. The van der Waals surface area contributed by atoms with E-state index in [2.05, 4.69) is 20.7 Å². The molecule has 0 saturated heterocycles. The van der Waals surface area contributed by atoms with Crippen molar-refractivity contribution in [3.63, 3.8) is 0 Å². The molecule has 3 rings (SSSR count). The van der Waals surface area contributed by atoms with Gasteiger partial charge < -0.3 is 9.47 Å². The summed E-state index contributed by atoms with van der Waals surface area (Å²) in [6.07, 6.45) is 1.61. The number of allylic oxidation sites excluding steroid dienone is 1. The number of hydrogen-bond acceptors (Lipinski definition) is 5. The van der Waals surface area contributed by atoms with E-state index in [0.717, 1.165) is 4.47 Å². The van der Waals surface area contributed by atoms with E-state index in [1.807, 2.05) is 12.1 Å². The Kier molecular flexibility index (Phi) is 5.98. The van der Waals surface area contributed by atoms with Crippen LogP contribution < -0.4 is 4.90 Å². The first kappa shape index (κ1) is 20.5. The minimum absolute atomic E-state index is 0.206. The van der Waals surface area contributed by atoms with Crippen molar-refractivity contribution in [2.24, 2.45) is 0 Å². The first-order valence-corrected chi connectivity index (χ1v) is 9.46. The summed E-state index contributed by atoms with van der Waals surface area (Å²) < 4.78 is 10.5. The first-order chi connectivity index (χ1) is 13.9. The average Bonchev–Trinajstić information content (AvgIpc) is 2.98. The summed E-state index contributed by atoms with van der Waals surface area (Å²) in [5.41, 5.74) is 2.61. The van der Waals surface area contributed by atoms with Gasteiger partial charge in [-0.3, -0.25) is 9.69 Å². The van der Waals surface area contributed by atoms with E-state index in [4.69, 9.17) is 4.74 Å². The molecule has 0 aromatic heterocycles. The van der Waals surface area contributed by atoms with E-state index in [0.29, 0.717) is 22.5 Å². The van der Waals surface area contributed by atoms with E-state index >= 15 is 0 Å². The van der Waals surface area contributed by atoms with E-state index in [-0.39, 0.29) is 17.1 Å². The van der Waals surface area contributed by atoms with Crippen LogP contribution in [0.25, 0.3) is 6.08 Å². The van der Waals surface area contributed by atoms with Gasteiger partial charge in [0, 0.05) is 15.9 Å². The number of halogens is 1. The largest absolute Gasteiger partial charge is 0.465 e. The molecule has 0 radical (unpaired) electrons. The van der Waals surface area contributed by atoms with Gasteiger partial charge in [0.1, 0.15) is 0 Å². The number of nitrogens with zero attached hydrogens (tertiary/aromatic N) is 1. The van der Waals surface area contributed by atoms with Crippen LogP contribution in [0.1, 0.15) is 22.8 Å². The molecule has 0 fully saturated rings. The van der Waals surface area contributed by atoms with Gasteiger partial charge in [-0.15, -0.1) is 0 Å². The Morgan fingerprint density at radius 1 is 0.931 bits per heavy atom. The van der Waals surface area contributed by atoms with Crippen LogP contribution in [0.4, 0.5) is 5.69 Å². The number of esters is 2. The van der Waals surface area contributed by atoms with Gasteiger partial charge in [0.05, 0.1) is 30.9 Å². The molecule has 1 aliphatic heterocycles. The van der Waals surface area contributed by atoms with Crippen molar-refractivity contribution in [2.75, 3.05) is 19.1 Å². The third-order valence-electron chi connectivity index (χ3n) is 4.52. The molecule has 0 N–H and O–H groups in total. The summed E-state index contributed by atoms with van der Waals surface area (Å²) >= 11 is 3.37. The van der Waals surface area contributed by atoms with E-state index in [9.17, 15) is 14.4 Å². The molecular formula is C22H18BrNO5. The Bertz CT molecular complexity index is 1040. The standard InChI is InChI=1S/C22H18BrNO5/c1-13-19(22(27)29-3)18(12-14-4-6-15(7-5-14)21(26)28-2)20(25)24(13)17-10-8-16(23)9-11-17/h4-12H,1-3H3. The molecule has 0 saturated carbocycles. The Hall–Kier alpha value is -3.19. The van der Waals surface area contributed by atoms with Gasteiger partial charge in [-0.2, -0.15) is 0 Å². The maximum absolute atomic E-state index is 13.2. The van der Waals surface area contributed by atoms with Crippen molar-refractivity contribution in [3.05, 3.63) is 81.0 Å². The summed E-state index contributed by atoms with van der Waals surface area (Å²) in [5, 5.41) is 0. The summed E-state index contributed by atoms with van der Waals surface area (Å²) in [5.74, 6) is -1.37. The second kappa shape index (κ2) is 8.45. The SMILES string of the molecule is COC(=O)C1=C(C)N(c2ccc(Br)cc2)C(=O)C1=Cc1ccc(C(=O)OC)cc1. The van der Waals surface area contributed by atoms with Crippen LogP contribution in [0.15, 0.2) is 69.8 Å². The predicted octanol–water partition coefficient (Wildman–Crippen LogP) is 4.11.